The molecule has 0 bridgehead atoms. The lowest BCUT2D eigenvalue weighted by Gasteiger charge is -2.07. The number of nitrogens with zero attached hydrogens (tertiary/aromatic N) is 3. The molecule has 0 aliphatic carbocycles. The number of ether oxygens (including phenoxy) is 1. The molecule has 3 rings (SSSR count). The number of carbonyl (C=O) groups excluding carboxylic acids is 1. The van der Waals surface area contributed by atoms with Crippen molar-refractivity contribution in [2.45, 2.75) is 0 Å². The number of rotatable bonds is 5. The van der Waals surface area contributed by atoms with E-state index in [1.54, 1.807) is 48.0 Å². The van der Waals surface area contributed by atoms with E-state index in [1.165, 1.54) is 0 Å². The normalized spacial score (nSPS) is 11.0. The summed E-state index contributed by atoms with van der Waals surface area (Å²) >= 11 is 12.2. The van der Waals surface area contributed by atoms with Gasteiger partial charge in [-0.2, -0.15) is 0 Å². The summed E-state index contributed by atoms with van der Waals surface area (Å²) in [6, 6.07) is 8.56. The fraction of sp³-hybridized carbons (Fsp3) is 0.188. The van der Waals surface area contributed by atoms with E-state index in [0.29, 0.717) is 45.8 Å². The zero-order chi connectivity index (χ0) is 17.1. The molecule has 24 heavy (non-hydrogen) atoms. The highest BCUT2D eigenvalue weighted by molar-refractivity contribution is 6.36. The van der Waals surface area contributed by atoms with E-state index in [-0.39, 0.29) is 5.91 Å². The summed E-state index contributed by atoms with van der Waals surface area (Å²) in [6.45, 7) is 0.887. The molecule has 0 atom stereocenters. The predicted molar refractivity (Wildman–Crippen MR) is 92.7 cm³/mol. The number of amides is 1. The second kappa shape index (κ2) is 7.17. The molecule has 0 fully saturated rings. The Labute approximate surface area is 148 Å². The van der Waals surface area contributed by atoms with Gasteiger partial charge in [0.15, 0.2) is 11.5 Å². The van der Waals surface area contributed by atoms with Crippen LogP contribution in [0.15, 0.2) is 36.5 Å². The monoisotopic (exact) mass is 364 g/mol. The standard InChI is InChI=1S/C16H14Cl2N4O2/c1-24-7-6-19-16(23)10-2-5-14-20-21-15(22(14)9-10)12-4-3-11(17)8-13(12)18/h2-5,8-9H,6-7H2,1H3,(H,19,23). The van der Waals surface area contributed by atoms with Crippen LogP contribution in [-0.4, -0.2) is 40.8 Å². The molecule has 0 saturated carbocycles. The number of nitrogens with one attached hydrogen (secondary N) is 1. The fourth-order valence-electron chi connectivity index (χ4n) is 2.25. The molecule has 0 spiro atoms. The lowest BCUT2D eigenvalue weighted by Crippen LogP contribution is -2.27. The van der Waals surface area contributed by atoms with Gasteiger partial charge < -0.3 is 10.1 Å². The van der Waals surface area contributed by atoms with E-state index in [4.69, 9.17) is 27.9 Å². The van der Waals surface area contributed by atoms with Gasteiger partial charge in [0.25, 0.3) is 5.91 Å². The Morgan fingerprint density at radius 3 is 2.83 bits per heavy atom. The molecule has 6 nitrogen and oxygen atoms in total. The number of halogens is 2. The molecule has 8 heteroatoms. The van der Waals surface area contributed by atoms with Crippen LogP contribution in [0.3, 0.4) is 0 Å². The van der Waals surface area contributed by atoms with Crippen LogP contribution in [0.4, 0.5) is 0 Å². The quantitative estimate of drug-likeness (QED) is 0.706. The smallest absolute Gasteiger partial charge is 0.252 e. The molecule has 124 valence electrons. The third-order valence-electron chi connectivity index (χ3n) is 3.43. The molecular weight excluding hydrogens is 351 g/mol. The van der Waals surface area contributed by atoms with Crippen molar-refractivity contribution in [3.8, 4) is 11.4 Å². The Balaban J connectivity index is 1.98. The Kier molecular flexibility index (Phi) is 4.99. The van der Waals surface area contributed by atoms with E-state index in [0.717, 1.165) is 0 Å². The summed E-state index contributed by atoms with van der Waals surface area (Å²) in [4.78, 5) is 12.2. The topological polar surface area (TPSA) is 68.5 Å². The number of fused-ring (bicyclic) bond motifs is 1. The van der Waals surface area contributed by atoms with Crippen molar-refractivity contribution >= 4 is 34.8 Å². The SMILES string of the molecule is COCCNC(=O)c1ccc2nnc(-c3ccc(Cl)cc3Cl)n2c1. The van der Waals surface area contributed by atoms with E-state index in [2.05, 4.69) is 15.5 Å². The van der Waals surface area contributed by atoms with Crippen LogP contribution in [0.5, 0.6) is 0 Å². The largest absolute Gasteiger partial charge is 0.383 e. The number of methoxy groups -OCH3 is 1. The third-order valence-corrected chi connectivity index (χ3v) is 3.98. The van der Waals surface area contributed by atoms with Crippen LogP contribution in [0.1, 0.15) is 10.4 Å². The van der Waals surface area contributed by atoms with E-state index >= 15 is 0 Å². The minimum Gasteiger partial charge on any atom is -0.383 e. The molecule has 0 saturated heterocycles. The number of carbonyl (C=O) groups is 1. The first-order valence-electron chi connectivity index (χ1n) is 7.17. The first-order chi connectivity index (χ1) is 11.6. The molecule has 2 heterocycles. The van der Waals surface area contributed by atoms with Gasteiger partial charge in [0, 0.05) is 30.4 Å². The van der Waals surface area contributed by atoms with Crippen molar-refractivity contribution in [3.05, 3.63) is 52.1 Å². The summed E-state index contributed by atoms with van der Waals surface area (Å²) in [6.07, 6.45) is 1.68. The van der Waals surface area contributed by atoms with Gasteiger partial charge in [0.2, 0.25) is 0 Å². The number of hydrogen-bond donors (Lipinski definition) is 1. The van der Waals surface area contributed by atoms with E-state index in [9.17, 15) is 4.79 Å². The molecule has 0 aliphatic heterocycles. The highest BCUT2D eigenvalue weighted by Crippen LogP contribution is 2.29. The van der Waals surface area contributed by atoms with Crippen LogP contribution < -0.4 is 5.32 Å². The summed E-state index contributed by atoms with van der Waals surface area (Å²) in [5.74, 6) is 0.342. The van der Waals surface area contributed by atoms with Crippen molar-refractivity contribution in [3.63, 3.8) is 0 Å². The predicted octanol–water partition coefficient (Wildman–Crippen LogP) is 3.08. The number of pyridine rings is 1. The van der Waals surface area contributed by atoms with Crippen molar-refractivity contribution in [2.24, 2.45) is 0 Å². The highest BCUT2D eigenvalue weighted by Gasteiger charge is 2.14. The summed E-state index contributed by atoms with van der Waals surface area (Å²) in [5, 5.41) is 12.0. The van der Waals surface area contributed by atoms with Gasteiger partial charge in [-0.15, -0.1) is 10.2 Å². The van der Waals surface area contributed by atoms with Crippen molar-refractivity contribution in [1.29, 1.82) is 0 Å². The van der Waals surface area contributed by atoms with Crippen molar-refractivity contribution in [1.82, 2.24) is 19.9 Å². The van der Waals surface area contributed by atoms with Crippen molar-refractivity contribution in [2.75, 3.05) is 20.3 Å². The van der Waals surface area contributed by atoms with Crippen LogP contribution in [0, 0.1) is 0 Å². The van der Waals surface area contributed by atoms with Gasteiger partial charge in [-0.3, -0.25) is 9.20 Å². The molecule has 2 aromatic heterocycles. The highest BCUT2D eigenvalue weighted by atomic mass is 35.5. The van der Waals surface area contributed by atoms with Gasteiger partial charge in [-0.1, -0.05) is 23.2 Å². The molecular formula is C16H14Cl2N4O2. The van der Waals surface area contributed by atoms with Crippen LogP contribution in [-0.2, 0) is 4.74 Å². The molecule has 1 amide bonds. The lowest BCUT2D eigenvalue weighted by atomic mass is 10.2. The van der Waals surface area contributed by atoms with Crippen LogP contribution in [0.2, 0.25) is 10.0 Å². The average Bonchev–Trinajstić information content (AvgIpc) is 2.98. The van der Waals surface area contributed by atoms with Crippen LogP contribution >= 0.6 is 23.2 Å². The van der Waals surface area contributed by atoms with E-state index < -0.39 is 0 Å². The first-order valence-corrected chi connectivity index (χ1v) is 7.93. The molecule has 0 aliphatic rings. The average molecular weight is 365 g/mol. The summed E-state index contributed by atoms with van der Waals surface area (Å²) < 4.78 is 6.64. The number of hydrogen-bond acceptors (Lipinski definition) is 4. The molecule has 1 aromatic carbocycles. The Morgan fingerprint density at radius 1 is 1.25 bits per heavy atom. The second-order valence-electron chi connectivity index (χ2n) is 5.04. The number of benzene rings is 1. The van der Waals surface area contributed by atoms with Gasteiger partial charge >= 0.3 is 0 Å². The molecule has 0 radical (unpaired) electrons. The molecule has 1 N–H and O–H groups in total. The maximum atomic E-state index is 12.2. The zero-order valence-corrected chi connectivity index (χ0v) is 14.3. The Bertz CT molecular complexity index is 895. The van der Waals surface area contributed by atoms with Crippen LogP contribution in [0.25, 0.3) is 17.0 Å². The molecule has 3 aromatic rings. The van der Waals surface area contributed by atoms with Crippen molar-refractivity contribution < 1.29 is 9.53 Å². The maximum Gasteiger partial charge on any atom is 0.252 e. The maximum absolute atomic E-state index is 12.2. The Hall–Kier alpha value is -2.15. The lowest BCUT2D eigenvalue weighted by molar-refractivity contribution is 0.0936. The van der Waals surface area contributed by atoms with E-state index in [1.807, 2.05) is 0 Å². The van der Waals surface area contributed by atoms with Gasteiger partial charge in [-0.25, -0.2) is 0 Å². The minimum absolute atomic E-state index is 0.198. The zero-order valence-electron chi connectivity index (χ0n) is 12.8. The summed E-state index contributed by atoms with van der Waals surface area (Å²) in [7, 11) is 1.58. The van der Waals surface area contributed by atoms with Gasteiger partial charge in [0.1, 0.15) is 0 Å². The Morgan fingerprint density at radius 2 is 2.08 bits per heavy atom. The third kappa shape index (κ3) is 3.36. The minimum atomic E-state index is -0.198. The fourth-order valence-corrected chi connectivity index (χ4v) is 2.74. The summed E-state index contributed by atoms with van der Waals surface area (Å²) in [5.41, 5.74) is 1.79. The first kappa shape index (κ1) is 16.7. The number of aromatic nitrogens is 3. The van der Waals surface area contributed by atoms with Gasteiger partial charge in [-0.05, 0) is 30.3 Å². The van der Waals surface area contributed by atoms with Gasteiger partial charge in [0.05, 0.1) is 17.2 Å². The molecule has 0 unspecified atom stereocenters. The second-order valence-corrected chi connectivity index (χ2v) is 5.89.